The normalized spacial score (nSPS) is 14.7. The summed E-state index contributed by atoms with van der Waals surface area (Å²) >= 11 is 0. The third-order valence-electron chi connectivity index (χ3n) is 4.76. The van der Waals surface area contributed by atoms with E-state index >= 15 is 0 Å². The molecule has 3 nitrogen and oxygen atoms in total. The predicted molar refractivity (Wildman–Crippen MR) is 105 cm³/mol. The van der Waals surface area contributed by atoms with Crippen molar-refractivity contribution in [3.63, 3.8) is 0 Å². The second-order valence-electron chi connectivity index (χ2n) is 6.66. The second-order valence-corrected chi connectivity index (χ2v) is 6.66. The average molecular weight is 331 g/mol. The third kappa shape index (κ3) is 6.46. The molecule has 0 bridgehead atoms. The molecule has 0 N–H and O–H groups in total. The quantitative estimate of drug-likeness (QED) is 0.643. The molecular formula is C21H34N2O. The number of aliphatic imine (C=N–C) groups is 1. The Balaban J connectivity index is 0.000000413. The number of rotatable bonds is 4. The molecule has 1 heterocycles. The maximum Gasteiger partial charge on any atom is 0.253 e. The van der Waals surface area contributed by atoms with Crippen LogP contribution in [0.4, 0.5) is 5.69 Å². The Morgan fingerprint density at radius 1 is 1.21 bits per heavy atom. The molecule has 0 atom stereocenters. The molecule has 0 radical (unpaired) electrons. The molecule has 3 heteroatoms. The van der Waals surface area contributed by atoms with Crippen molar-refractivity contribution in [2.24, 2.45) is 10.9 Å². The predicted octanol–water partition coefficient (Wildman–Crippen LogP) is 5.79. The molecule has 1 aromatic rings. The van der Waals surface area contributed by atoms with Crippen LogP contribution in [0, 0.1) is 12.8 Å². The fourth-order valence-corrected chi connectivity index (χ4v) is 2.59. The van der Waals surface area contributed by atoms with Crippen molar-refractivity contribution in [1.29, 1.82) is 0 Å². The zero-order chi connectivity index (χ0) is 17.9. The van der Waals surface area contributed by atoms with Gasteiger partial charge in [0.15, 0.2) is 0 Å². The van der Waals surface area contributed by atoms with E-state index in [4.69, 9.17) is 0 Å². The van der Waals surface area contributed by atoms with Gasteiger partial charge in [-0.2, -0.15) is 0 Å². The van der Waals surface area contributed by atoms with Gasteiger partial charge in [-0.3, -0.25) is 9.79 Å². The van der Waals surface area contributed by atoms with Crippen LogP contribution in [0.25, 0.3) is 0 Å². The highest BCUT2D eigenvalue weighted by Crippen LogP contribution is 2.22. The minimum Gasteiger partial charge on any atom is -0.339 e. The lowest BCUT2D eigenvalue weighted by atomic mass is 10.1. The first-order valence-corrected chi connectivity index (χ1v) is 9.42. The van der Waals surface area contributed by atoms with Gasteiger partial charge in [0.05, 0.1) is 5.69 Å². The molecule has 0 aliphatic carbocycles. The Labute approximate surface area is 148 Å². The van der Waals surface area contributed by atoms with Crippen molar-refractivity contribution in [2.45, 2.75) is 66.7 Å². The molecule has 1 saturated heterocycles. The summed E-state index contributed by atoms with van der Waals surface area (Å²) in [5.41, 5.74) is 2.74. The van der Waals surface area contributed by atoms with Crippen LogP contribution in [0.1, 0.15) is 75.7 Å². The Bertz CT molecular complexity index is 527. The van der Waals surface area contributed by atoms with E-state index in [1.165, 1.54) is 19.3 Å². The highest BCUT2D eigenvalue weighted by molar-refractivity contribution is 5.95. The number of likely N-dealkylation sites (tertiary alicyclic amines) is 1. The summed E-state index contributed by atoms with van der Waals surface area (Å²) in [6, 6.07) is 5.77. The van der Waals surface area contributed by atoms with Crippen molar-refractivity contribution in [2.75, 3.05) is 13.1 Å². The summed E-state index contributed by atoms with van der Waals surface area (Å²) < 4.78 is 0. The van der Waals surface area contributed by atoms with Crippen LogP contribution in [0.2, 0.25) is 0 Å². The van der Waals surface area contributed by atoms with Crippen LogP contribution in [-0.2, 0) is 0 Å². The summed E-state index contributed by atoms with van der Waals surface area (Å²) in [6.07, 6.45) is 7.91. The smallest absolute Gasteiger partial charge is 0.253 e. The van der Waals surface area contributed by atoms with Gasteiger partial charge < -0.3 is 4.90 Å². The number of piperidine rings is 1. The van der Waals surface area contributed by atoms with Crippen molar-refractivity contribution >= 4 is 17.8 Å². The summed E-state index contributed by atoms with van der Waals surface area (Å²) in [6.45, 7) is 12.4. The van der Waals surface area contributed by atoms with Gasteiger partial charge in [0, 0.05) is 24.9 Å². The lowest BCUT2D eigenvalue weighted by Crippen LogP contribution is -2.35. The topological polar surface area (TPSA) is 32.7 Å². The Hall–Kier alpha value is -1.64. The van der Waals surface area contributed by atoms with Gasteiger partial charge in [-0.05, 0) is 56.7 Å². The molecule has 1 fully saturated rings. The summed E-state index contributed by atoms with van der Waals surface area (Å²) in [5.74, 6) is 1.08. The van der Waals surface area contributed by atoms with E-state index in [-0.39, 0.29) is 5.91 Å². The standard InChI is InChI=1S/C15H20N2O.C6H14/c1-3-16-14-11-13(8-7-12(14)2)15(18)17-9-5-4-6-10-17;1-4-6(3)5-2/h3,7-8,11H,4-6,9-10H2,1-2H3;6H,4-5H2,1-3H3. The second kappa shape index (κ2) is 11.0. The van der Waals surface area contributed by atoms with E-state index in [0.717, 1.165) is 48.7 Å². The number of aryl methyl sites for hydroxylation is 1. The number of carbonyl (C=O) groups excluding carboxylic acids is 1. The van der Waals surface area contributed by atoms with E-state index in [1.54, 1.807) is 6.21 Å². The van der Waals surface area contributed by atoms with E-state index < -0.39 is 0 Å². The first-order valence-electron chi connectivity index (χ1n) is 9.42. The summed E-state index contributed by atoms with van der Waals surface area (Å²) in [5, 5.41) is 0. The first kappa shape index (κ1) is 20.4. The van der Waals surface area contributed by atoms with Gasteiger partial charge in [-0.25, -0.2) is 0 Å². The third-order valence-corrected chi connectivity index (χ3v) is 4.76. The van der Waals surface area contributed by atoms with Gasteiger partial charge in [-0.15, -0.1) is 0 Å². The van der Waals surface area contributed by atoms with E-state index in [9.17, 15) is 4.79 Å². The minimum atomic E-state index is 0.141. The minimum absolute atomic E-state index is 0.141. The van der Waals surface area contributed by atoms with Gasteiger partial charge in [0.25, 0.3) is 5.91 Å². The molecule has 2 rings (SSSR count). The zero-order valence-electron chi connectivity index (χ0n) is 16.1. The van der Waals surface area contributed by atoms with Gasteiger partial charge in [0.2, 0.25) is 0 Å². The Kier molecular flexibility index (Phi) is 9.36. The molecule has 1 aromatic carbocycles. The molecule has 0 unspecified atom stereocenters. The zero-order valence-corrected chi connectivity index (χ0v) is 16.1. The van der Waals surface area contributed by atoms with Gasteiger partial charge in [0.1, 0.15) is 0 Å². The van der Waals surface area contributed by atoms with Gasteiger partial charge in [-0.1, -0.05) is 39.7 Å². The van der Waals surface area contributed by atoms with Crippen LogP contribution < -0.4 is 0 Å². The molecule has 1 aliphatic rings. The number of amides is 1. The maximum absolute atomic E-state index is 12.3. The molecule has 1 aliphatic heterocycles. The largest absolute Gasteiger partial charge is 0.339 e. The van der Waals surface area contributed by atoms with Crippen LogP contribution >= 0.6 is 0 Å². The van der Waals surface area contributed by atoms with Crippen LogP contribution in [0.3, 0.4) is 0 Å². The SMILES string of the molecule is CC=Nc1cc(C(=O)N2CCCCC2)ccc1C.CCC(C)CC. The highest BCUT2D eigenvalue weighted by Gasteiger charge is 2.18. The van der Waals surface area contributed by atoms with Crippen LogP contribution in [0.5, 0.6) is 0 Å². The molecule has 0 saturated carbocycles. The molecular weight excluding hydrogens is 296 g/mol. The molecule has 1 amide bonds. The molecule has 24 heavy (non-hydrogen) atoms. The van der Waals surface area contributed by atoms with Crippen molar-refractivity contribution < 1.29 is 4.79 Å². The van der Waals surface area contributed by atoms with Crippen molar-refractivity contribution in [1.82, 2.24) is 4.90 Å². The summed E-state index contributed by atoms with van der Waals surface area (Å²) in [7, 11) is 0. The Morgan fingerprint density at radius 2 is 1.83 bits per heavy atom. The Morgan fingerprint density at radius 3 is 2.33 bits per heavy atom. The number of carbonyl (C=O) groups is 1. The molecule has 134 valence electrons. The number of nitrogens with zero attached hydrogens (tertiary/aromatic N) is 2. The lowest BCUT2D eigenvalue weighted by Gasteiger charge is -2.26. The highest BCUT2D eigenvalue weighted by atomic mass is 16.2. The number of benzene rings is 1. The monoisotopic (exact) mass is 330 g/mol. The maximum atomic E-state index is 12.3. The van der Waals surface area contributed by atoms with E-state index in [2.05, 4.69) is 25.8 Å². The fourth-order valence-electron chi connectivity index (χ4n) is 2.59. The first-order chi connectivity index (χ1) is 11.5. The lowest BCUT2D eigenvalue weighted by molar-refractivity contribution is 0.0724. The fraction of sp³-hybridized carbons (Fsp3) is 0.619. The number of hydrogen-bond donors (Lipinski definition) is 0. The summed E-state index contributed by atoms with van der Waals surface area (Å²) in [4.78, 5) is 18.6. The van der Waals surface area contributed by atoms with Crippen LogP contribution in [0.15, 0.2) is 23.2 Å². The van der Waals surface area contributed by atoms with E-state index in [0.29, 0.717) is 0 Å². The van der Waals surface area contributed by atoms with Crippen molar-refractivity contribution in [3.8, 4) is 0 Å². The number of hydrogen-bond acceptors (Lipinski definition) is 2. The molecule has 0 aromatic heterocycles. The molecule has 0 spiro atoms. The van der Waals surface area contributed by atoms with Crippen molar-refractivity contribution in [3.05, 3.63) is 29.3 Å². The van der Waals surface area contributed by atoms with Crippen LogP contribution in [-0.4, -0.2) is 30.1 Å². The van der Waals surface area contributed by atoms with E-state index in [1.807, 2.05) is 36.9 Å². The average Bonchev–Trinajstić information content (AvgIpc) is 2.63. The van der Waals surface area contributed by atoms with Gasteiger partial charge >= 0.3 is 0 Å².